The van der Waals surface area contributed by atoms with Crippen LogP contribution in [0.1, 0.15) is 13.3 Å². The average molecular weight is 161 g/mol. The summed E-state index contributed by atoms with van der Waals surface area (Å²) < 4.78 is 0. The fourth-order valence-corrected chi connectivity index (χ4v) is 1.50. The molecule has 0 heterocycles. The lowest BCUT2D eigenvalue weighted by Crippen LogP contribution is -2.31. The highest BCUT2D eigenvalue weighted by Gasteiger charge is 2.01. The maximum atomic E-state index is 10.7. The minimum Gasteiger partial charge on any atom is -0.302 e. The predicted molar refractivity (Wildman–Crippen MR) is 44.6 cm³/mol. The van der Waals surface area contributed by atoms with Gasteiger partial charge in [-0.3, -0.25) is 5.84 Å². The molecule has 0 saturated carbocycles. The molecule has 0 aromatic heterocycles. The molecular weight excluding hydrogens is 144 g/mol. The molecule has 0 aromatic carbocycles. The molecule has 0 bridgehead atoms. The van der Waals surface area contributed by atoms with Crippen molar-refractivity contribution in [1.29, 1.82) is 0 Å². The Hall–Kier alpha value is 0.0969. The van der Waals surface area contributed by atoms with Crippen LogP contribution < -0.4 is 5.84 Å². The van der Waals surface area contributed by atoms with E-state index in [-0.39, 0.29) is 0 Å². The zero-order chi connectivity index (χ0) is 7.98. The van der Waals surface area contributed by atoms with E-state index in [4.69, 9.17) is 5.84 Å². The Bertz CT molecular complexity index is 80.1. The predicted octanol–water partition coefficient (Wildman–Crippen LogP) is 0.356. The third-order valence-electron chi connectivity index (χ3n) is 1.46. The number of nitrogens with two attached hydrogens (primary N) is 1. The first-order valence-electron chi connectivity index (χ1n) is 3.82. The summed E-state index contributed by atoms with van der Waals surface area (Å²) in [5.41, 5.74) is 0. The third-order valence-corrected chi connectivity index (χ3v) is 2.68. The van der Waals surface area contributed by atoms with Crippen molar-refractivity contribution in [2.45, 2.75) is 25.9 Å². The van der Waals surface area contributed by atoms with Crippen LogP contribution in [0, 0.1) is 0 Å². The van der Waals surface area contributed by atoms with Crippen LogP contribution in [0.2, 0.25) is 12.6 Å². The number of nitrogens with zero attached hydrogens (tertiary/aromatic N) is 1. The summed E-state index contributed by atoms with van der Waals surface area (Å²) in [6.45, 7) is 5.58. The van der Waals surface area contributed by atoms with Crippen LogP contribution in [0.15, 0.2) is 0 Å². The van der Waals surface area contributed by atoms with Crippen molar-refractivity contribution >= 4 is 9.04 Å². The van der Waals surface area contributed by atoms with Crippen molar-refractivity contribution in [3.63, 3.8) is 0 Å². The van der Waals surface area contributed by atoms with Gasteiger partial charge in [-0.15, -0.1) is 0 Å². The molecule has 0 spiro atoms. The average Bonchev–Trinajstić information content (AvgIpc) is 1.87. The summed E-state index contributed by atoms with van der Waals surface area (Å²) in [5, 5.41) is 1.75. The van der Waals surface area contributed by atoms with Crippen molar-refractivity contribution in [2.24, 2.45) is 5.84 Å². The summed E-state index contributed by atoms with van der Waals surface area (Å²) in [6.07, 6.45) is 0.973. The van der Waals surface area contributed by atoms with Crippen LogP contribution in [0.25, 0.3) is 0 Å². The molecule has 0 amide bonds. The molecule has 4 heteroatoms. The molecule has 2 N–H and O–H groups in total. The van der Waals surface area contributed by atoms with Gasteiger partial charge in [-0.1, -0.05) is 6.92 Å². The Morgan fingerprint density at radius 3 is 2.60 bits per heavy atom. The first kappa shape index (κ1) is 10.1. The third kappa shape index (κ3) is 6.22. The minimum absolute atomic E-state index is 0.869. The van der Waals surface area contributed by atoms with E-state index < -0.39 is 9.04 Å². The van der Waals surface area contributed by atoms with Crippen LogP contribution in [0.3, 0.4) is 0 Å². The van der Waals surface area contributed by atoms with Gasteiger partial charge in [0, 0.05) is 13.1 Å². The van der Waals surface area contributed by atoms with E-state index in [2.05, 4.69) is 0 Å². The van der Waals surface area contributed by atoms with Crippen molar-refractivity contribution in [3.8, 4) is 0 Å². The van der Waals surface area contributed by atoms with Crippen molar-refractivity contribution in [2.75, 3.05) is 13.1 Å². The maximum absolute atomic E-state index is 10.7. The Kier molecular flexibility index (Phi) is 5.91. The monoisotopic (exact) mass is 161 g/mol. The van der Waals surface area contributed by atoms with E-state index in [0.29, 0.717) is 0 Å². The molecule has 0 fully saturated rings. The van der Waals surface area contributed by atoms with Gasteiger partial charge in [-0.2, -0.15) is 0 Å². The number of hydrogen-bond donors (Lipinski definition) is 1. The number of rotatable bonds is 5. The molecule has 0 saturated heterocycles. The van der Waals surface area contributed by atoms with E-state index in [1.165, 1.54) is 0 Å². The van der Waals surface area contributed by atoms with Gasteiger partial charge >= 0.3 is 0 Å². The zero-order valence-corrected chi connectivity index (χ0v) is 7.99. The van der Waals surface area contributed by atoms with Gasteiger partial charge in [0.05, 0.1) is 0 Å². The van der Waals surface area contributed by atoms with Gasteiger partial charge in [0.15, 0.2) is 0 Å². The number of hydrazine groups is 1. The normalized spacial score (nSPS) is 14.1. The molecule has 0 aliphatic carbocycles. The minimum atomic E-state index is -1.57. The van der Waals surface area contributed by atoms with Crippen LogP contribution in [-0.2, 0) is 4.80 Å². The SMILES string of the molecule is CCN(N)CCC[SiH](C)[O]. The largest absolute Gasteiger partial charge is 0.302 e. The summed E-state index contributed by atoms with van der Waals surface area (Å²) in [4.78, 5) is 10.7. The van der Waals surface area contributed by atoms with E-state index in [1.807, 2.05) is 13.5 Å². The van der Waals surface area contributed by atoms with Crippen LogP contribution >= 0.6 is 0 Å². The van der Waals surface area contributed by atoms with Crippen molar-refractivity contribution in [1.82, 2.24) is 5.01 Å². The van der Waals surface area contributed by atoms with Gasteiger partial charge in [-0.05, 0) is 19.0 Å². The Balaban J connectivity index is 3.03. The second-order valence-electron chi connectivity index (χ2n) is 2.58. The van der Waals surface area contributed by atoms with Crippen LogP contribution in [0.4, 0.5) is 0 Å². The second kappa shape index (κ2) is 5.85. The maximum Gasteiger partial charge on any atom is 0.219 e. The Labute approximate surface area is 64.5 Å². The Morgan fingerprint density at radius 2 is 2.20 bits per heavy atom. The molecule has 3 nitrogen and oxygen atoms in total. The molecule has 0 aromatic rings. The van der Waals surface area contributed by atoms with Gasteiger partial charge < -0.3 is 4.80 Å². The van der Waals surface area contributed by atoms with Gasteiger partial charge in [0.2, 0.25) is 9.04 Å². The van der Waals surface area contributed by atoms with Gasteiger partial charge in [0.1, 0.15) is 0 Å². The summed E-state index contributed by atoms with van der Waals surface area (Å²) in [5.74, 6) is 5.51. The fourth-order valence-electron chi connectivity index (χ4n) is 0.740. The van der Waals surface area contributed by atoms with E-state index in [1.54, 1.807) is 5.01 Å². The van der Waals surface area contributed by atoms with E-state index >= 15 is 0 Å². The van der Waals surface area contributed by atoms with Crippen LogP contribution in [0.5, 0.6) is 0 Å². The zero-order valence-electron chi connectivity index (χ0n) is 6.84. The molecule has 1 atom stereocenters. The molecule has 10 heavy (non-hydrogen) atoms. The first-order valence-corrected chi connectivity index (χ1v) is 6.26. The Morgan fingerprint density at radius 1 is 1.60 bits per heavy atom. The summed E-state index contributed by atoms with van der Waals surface area (Å²) in [6, 6.07) is 0.869. The molecule has 0 rings (SSSR count). The van der Waals surface area contributed by atoms with Gasteiger partial charge in [-0.25, -0.2) is 5.01 Å². The van der Waals surface area contributed by atoms with Crippen molar-refractivity contribution < 1.29 is 4.80 Å². The topological polar surface area (TPSA) is 49.2 Å². The lowest BCUT2D eigenvalue weighted by Gasteiger charge is -2.12. The second-order valence-corrected chi connectivity index (χ2v) is 4.78. The molecule has 0 aliphatic rings. The smallest absolute Gasteiger partial charge is 0.219 e. The molecule has 61 valence electrons. The number of hydrogen-bond acceptors (Lipinski definition) is 2. The first-order chi connectivity index (χ1) is 4.66. The molecule has 1 unspecified atom stereocenters. The van der Waals surface area contributed by atoms with E-state index in [0.717, 1.165) is 25.6 Å². The standard InChI is InChI=1S/C6H17N2OSi/c1-3-8(7)5-4-6-10(2)9/h10H,3-7H2,1-2H3. The van der Waals surface area contributed by atoms with Gasteiger partial charge in [0.25, 0.3) is 0 Å². The fraction of sp³-hybridized carbons (Fsp3) is 1.00. The highest BCUT2D eigenvalue weighted by Crippen LogP contribution is 1.95. The quantitative estimate of drug-likeness (QED) is 0.359. The van der Waals surface area contributed by atoms with E-state index in [9.17, 15) is 4.80 Å². The highest BCUT2D eigenvalue weighted by molar-refractivity contribution is 6.48. The summed E-state index contributed by atoms with van der Waals surface area (Å²) in [7, 11) is -1.57. The lowest BCUT2D eigenvalue weighted by atomic mass is 10.4. The lowest BCUT2D eigenvalue weighted by molar-refractivity contribution is 0.297. The molecule has 0 aliphatic heterocycles. The molecular formula is C6H17N2OSi. The highest BCUT2D eigenvalue weighted by atomic mass is 28.3. The molecule has 1 radical (unpaired) electrons. The van der Waals surface area contributed by atoms with Crippen molar-refractivity contribution in [3.05, 3.63) is 0 Å². The summed E-state index contributed by atoms with van der Waals surface area (Å²) >= 11 is 0. The van der Waals surface area contributed by atoms with Crippen LogP contribution in [-0.4, -0.2) is 27.1 Å².